The van der Waals surface area contributed by atoms with Gasteiger partial charge in [-0.2, -0.15) is 0 Å². The molecule has 0 radical (unpaired) electrons. The molecule has 2 unspecified atom stereocenters. The third-order valence-electron chi connectivity index (χ3n) is 3.62. The maximum Gasteiger partial charge on any atom is 0.124 e. The Morgan fingerprint density at radius 2 is 1.95 bits per heavy atom. The molecule has 1 heterocycles. The van der Waals surface area contributed by atoms with Crippen molar-refractivity contribution in [2.45, 2.75) is 59.1 Å². The molecule has 1 aromatic carbocycles. The second-order valence-corrected chi connectivity index (χ2v) is 6.26. The van der Waals surface area contributed by atoms with E-state index >= 15 is 0 Å². The standard InChI is InChI=1S/C17H28N2O2/c1-12(2)20-17-7-15(5-6-16(17)8-18)11-19-9-13(3)21-14(4)10-19/h5-7,12-14H,8-11,18H2,1-4H3. The van der Waals surface area contributed by atoms with Crippen molar-refractivity contribution < 1.29 is 9.47 Å². The number of benzene rings is 1. The molecule has 4 nitrogen and oxygen atoms in total. The van der Waals surface area contributed by atoms with Gasteiger partial charge in [-0.05, 0) is 39.3 Å². The maximum atomic E-state index is 5.89. The van der Waals surface area contributed by atoms with Gasteiger partial charge in [-0.15, -0.1) is 0 Å². The predicted octanol–water partition coefficient (Wildman–Crippen LogP) is 2.54. The molecule has 0 bridgehead atoms. The van der Waals surface area contributed by atoms with Gasteiger partial charge in [-0.1, -0.05) is 12.1 Å². The predicted molar refractivity (Wildman–Crippen MR) is 85.4 cm³/mol. The van der Waals surface area contributed by atoms with E-state index in [2.05, 4.69) is 36.9 Å². The summed E-state index contributed by atoms with van der Waals surface area (Å²) in [7, 11) is 0. The van der Waals surface area contributed by atoms with Crippen LogP contribution in [0.1, 0.15) is 38.8 Å². The molecule has 1 aliphatic rings. The van der Waals surface area contributed by atoms with Crippen LogP contribution in [0, 0.1) is 0 Å². The third-order valence-corrected chi connectivity index (χ3v) is 3.62. The summed E-state index contributed by atoms with van der Waals surface area (Å²) in [5.74, 6) is 0.916. The van der Waals surface area contributed by atoms with Crippen LogP contribution in [0.5, 0.6) is 5.75 Å². The van der Waals surface area contributed by atoms with E-state index < -0.39 is 0 Å². The molecule has 1 saturated heterocycles. The van der Waals surface area contributed by atoms with Crippen LogP contribution < -0.4 is 10.5 Å². The molecule has 21 heavy (non-hydrogen) atoms. The molecule has 118 valence electrons. The highest BCUT2D eigenvalue weighted by atomic mass is 16.5. The van der Waals surface area contributed by atoms with Crippen LogP contribution in [-0.4, -0.2) is 36.3 Å². The van der Waals surface area contributed by atoms with E-state index in [0.717, 1.165) is 30.9 Å². The van der Waals surface area contributed by atoms with Crippen LogP contribution in [0.4, 0.5) is 0 Å². The van der Waals surface area contributed by atoms with Crippen LogP contribution in [0.25, 0.3) is 0 Å². The zero-order valence-corrected chi connectivity index (χ0v) is 13.6. The van der Waals surface area contributed by atoms with Crippen molar-refractivity contribution in [2.75, 3.05) is 13.1 Å². The maximum absolute atomic E-state index is 5.89. The summed E-state index contributed by atoms with van der Waals surface area (Å²) in [6.45, 7) is 11.7. The Balaban J connectivity index is 2.09. The van der Waals surface area contributed by atoms with Gasteiger partial charge in [-0.25, -0.2) is 0 Å². The molecule has 4 heteroatoms. The number of hydrogen-bond acceptors (Lipinski definition) is 4. The monoisotopic (exact) mass is 292 g/mol. The Morgan fingerprint density at radius 3 is 2.52 bits per heavy atom. The minimum Gasteiger partial charge on any atom is -0.491 e. The molecule has 0 spiro atoms. The molecule has 0 aliphatic carbocycles. The van der Waals surface area contributed by atoms with E-state index in [1.807, 2.05) is 13.8 Å². The number of nitrogens with zero attached hydrogens (tertiary/aromatic N) is 1. The normalized spacial score (nSPS) is 23.5. The van der Waals surface area contributed by atoms with Gasteiger partial charge in [0.15, 0.2) is 0 Å². The first-order valence-corrected chi connectivity index (χ1v) is 7.84. The van der Waals surface area contributed by atoms with E-state index in [9.17, 15) is 0 Å². The first-order chi connectivity index (χ1) is 9.97. The molecule has 2 atom stereocenters. The zero-order valence-electron chi connectivity index (χ0n) is 13.6. The fourth-order valence-corrected chi connectivity index (χ4v) is 2.90. The number of ether oxygens (including phenoxy) is 2. The lowest BCUT2D eigenvalue weighted by Crippen LogP contribution is -2.44. The minimum absolute atomic E-state index is 0.161. The second-order valence-electron chi connectivity index (χ2n) is 6.26. The van der Waals surface area contributed by atoms with Crippen LogP contribution >= 0.6 is 0 Å². The zero-order chi connectivity index (χ0) is 15.4. The Morgan fingerprint density at radius 1 is 1.29 bits per heavy atom. The van der Waals surface area contributed by atoms with Crippen molar-refractivity contribution in [3.8, 4) is 5.75 Å². The molecular formula is C17H28N2O2. The average Bonchev–Trinajstić information content (AvgIpc) is 2.37. The van der Waals surface area contributed by atoms with Gasteiger partial charge in [0, 0.05) is 31.7 Å². The van der Waals surface area contributed by atoms with E-state index in [1.54, 1.807) is 0 Å². The summed E-state index contributed by atoms with van der Waals surface area (Å²) in [5.41, 5.74) is 8.12. The van der Waals surface area contributed by atoms with Crippen LogP contribution in [0.2, 0.25) is 0 Å². The highest BCUT2D eigenvalue weighted by molar-refractivity contribution is 5.37. The van der Waals surface area contributed by atoms with Gasteiger partial charge < -0.3 is 15.2 Å². The molecule has 1 aromatic rings. The van der Waals surface area contributed by atoms with Gasteiger partial charge in [-0.3, -0.25) is 4.90 Å². The fourth-order valence-electron chi connectivity index (χ4n) is 2.90. The number of nitrogens with two attached hydrogens (primary N) is 1. The molecular weight excluding hydrogens is 264 g/mol. The Kier molecular flexibility index (Phi) is 5.62. The van der Waals surface area contributed by atoms with Crippen LogP contribution in [0.15, 0.2) is 18.2 Å². The van der Waals surface area contributed by atoms with Crippen LogP contribution in [0.3, 0.4) is 0 Å². The van der Waals surface area contributed by atoms with E-state index in [-0.39, 0.29) is 6.10 Å². The van der Waals surface area contributed by atoms with E-state index in [0.29, 0.717) is 18.8 Å². The van der Waals surface area contributed by atoms with E-state index in [1.165, 1.54) is 5.56 Å². The molecule has 2 rings (SSSR count). The first kappa shape index (κ1) is 16.3. The number of hydrogen-bond donors (Lipinski definition) is 1. The summed E-state index contributed by atoms with van der Waals surface area (Å²) < 4.78 is 11.7. The van der Waals surface area contributed by atoms with Gasteiger partial charge in [0.05, 0.1) is 18.3 Å². The number of morpholine rings is 1. The highest BCUT2D eigenvalue weighted by Gasteiger charge is 2.22. The van der Waals surface area contributed by atoms with Gasteiger partial charge in [0.1, 0.15) is 5.75 Å². The summed E-state index contributed by atoms with van der Waals surface area (Å²) in [5, 5.41) is 0. The topological polar surface area (TPSA) is 47.7 Å². The quantitative estimate of drug-likeness (QED) is 0.906. The Labute approximate surface area is 128 Å². The summed E-state index contributed by atoms with van der Waals surface area (Å²) in [6.07, 6.45) is 0.751. The van der Waals surface area contributed by atoms with E-state index in [4.69, 9.17) is 15.2 Å². The average molecular weight is 292 g/mol. The summed E-state index contributed by atoms with van der Waals surface area (Å²) in [6, 6.07) is 6.37. The van der Waals surface area contributed by atoms with Crippen molar-refractivity contribution in [1.29, 1.82) is 0 Å². The minimum atomic E-state index is 0.161. The summed E-state index contributed by atoms with van der Waals surface area (Å²) in [4.78, 5) is 2.44. The van der Waals surface area contributed by atoms with Crippen molar-refractivity contribution in [3.63, 3.8) is 0 Å². The van der Waals surface area contributed by atoms with Crippen molar-refractivity contribution in [1.82, 2.24) is 4.90 Å². The smallest absolute Gasteiger partial charge is 0.124 e. The molecule has 0 amide bonds. The van der Waals surface area contributed by atoms with Gasteiger partial charge in [0.2, 0.25) is 0 Å². The lowest BCUT2D eigenvalue weighted by atomic mass is 10.1. The van der Waals surface area contributed by atoms with Crippen molar-refractivity contribution in [3.05, 3.63) is 29.3 Å². The van der Waals surface area contributed by atoms with Crippen molar-refractivity contribution >= 4 is 0 Å². The fraction of sp³-hybridized carbons (Fsp3) is 0.647. The Hall–Kier alpha value is -1.10. The van der Waals surface area contributed by atoms with Crippen molar-refractivity contribution in [2.24, 2.45) is 5.73 Å². The SMILES string of the molecule is CC(C)Oc1cc(CN2CC(C)OC(C)C2)ccc1CN. The molecule has 0 aromatic heterocycles. The van der Waals surface area contributed by atoms with Gasteiger partial charge >= 0.3 is 0 Å². The highest BCUT2D eigenvalue weighted by Crippen LogP contribution is 2.23. The molecule has 1 aliphatic heterocycles. The Bertz CT molecular complexity index is 452. The third kappa shape index (κ3) is 4.70. The second kappa shape index (κ2) is 7.25. The molecule has 1 fully saturated rings. The summed E-state index contributed by atoms with van der Waals surface area (Å²) >= 11 is 0. The van der Waals surface area contributed by atoms with Gasteiger partial charge in [0.25, 0.3) is 0 Å². The lowest BCUT2D eigenvalue weighted by molar-refractivity contribution is -0.0705. The number of rotatable bonds is 5. The lowest BCUT2D eigenvalue weighted by Gasteiger charge is -2.35. The molecule has 0 saturated carbocycles. The van der Waals surface area contributed by atoms with Crippen LogP contribution in [-0.2, 0) is 17.8 Å². The molecule has 2 N–H and O–H groups in total. The largest absolute Gasteiger partial charge is 0.491 e. The first-order valence-electron chi connectivity index (χ1n) is 7.84.